The van der Waals surface area contributed by atoms with Crippen molar-refractivity contribution in [3.05, 3.63) is 34.9 Å². The summed E-state index contributed by atoms with van der Waals surface area (Å²) in [6, 6.07) is 6.21. The molecule has 3 heteroatoms. The fraction of sp³-hybridized carbons (Fsp3) is 0.562. The van der Waals surface area contributed by atoms with Crippen molar-refractivity contribution in [1.82, 2.24) is 5.32 Å². The van der Waals surface area contributed by atoms with Crippen LogP contribution in [0.4, 0.5) is 0 Å². The minimum Gasteiger partial charge on any atom is -0.375 e. The lowest BCUT2D eigenvalue weighted by Crippen LogP contribution is -2.40. The summed E-state index contributed by atoms with van der Waals surface area (Å²) in [5.41, 5.74) is 3.32. The van der Waals surface area contributed by atoms with Crippen LogP contribution in [0.15, 0.2) is 18.2 Å². The zero-order valence-corrected chi connectivity index (χ0v) is 12.2. The Morgan fingerprint density at radius 3 is 2.53 bits per heavy atom. The van der Waals surface area contributed by atoms with Crippen molar-refractivity contribution < 1.29 is 9.53 Å². The average Bonchev–Trinajstić information content (AvgIpc) is 2.68. The van der Waals surface area contributed by atoms with Crippen molar-refractivity contribution in [2.45, 2.75) is 46.3 Å². The van der Waals surface area contributed by atoms with Crippen LogP contribution in [-0.2, 0) is 16.1 Å². The van der Waals surface area contributed by atoms with Crippen LogP contribution in [0.5, 0.6) is 0 Å². The van der Waals surface area contributed by atoms with Crippen molar-refractivity contribution in [3.8, 4) is 0 Å². The van der Waals surface area contributed by atoms with Gasteiger partial charge in [0, 0.05) is 13.2 Å². The quantitative estimate of drug-likeness (QED) is 0.908. The van der Waals surface area contributed by atoms with Gasteiger partial charge in [0.1, 0.15) is 0 Å². The molecule has 1 aliphatic heterocycles. The van der Waals surface area contributed by atoms with E-state index in [0.717, 1.165) is 6.42 Å². The van der Waals surface area contributed by atoms with E-state index in [4.69, 9.17) is 4.74 Å². The van der Waals surface area contributed by atoms with Crippen molar-refractivity contribution in [2.75, 3.05) is 6.61 Å². The van der Waals surface area contributed by atoms with Gasteiger partial charge in [-0.15, -0.1) is 0 Å². The van der Waals surface area contributed by atoms with Gasteiger partial charge in [0.25, 0.3) is 0 Å². The third-order valence-corrected chi connectivity index (χ3v) is 4.12. The van der Waals surface area contributed by atoms with E-state index in [9.17, 15) is 4.79 Å². The highest BCUT2D eigenvalue weighted by Crippen LogP contribution is 2.31. The summed E-state index contributed by atoms with van der Waals surface area (Å²) in [7, 11) is 0. The summed E-state index contributed by atoms with van der Waals surface area (Å²) in [6.45, 7) is 9.42. The predicted octanol–water partition coefficient (Wildman–Crippen LogP) is 2.73. The van der Waals surface area contributed by atoms with Gasteiger partial charge >= 0.3 is 0 Å². The topological polar surface area (TPSA) is 38.3 Å². The number of amides is 1. The Hall–Kier alpha value is -1.35. The summed E-state index contributed by atoms with van der Waals surface area (Å²) in [5.74, 6) is 0.0574. The van der Waals surface area contributed by atoms with Crippen molar-refractivity contribution in [1.29, 1.82) is 0 Å². The molecule has 0 saturated carbocycles. The molecule has 104 valence electrons. The highest BCUT2D eigenvalue weighted by molar-refractivity contribution is 5.80. The molecule has 1 N–H and O–H groups in total. The number of aryl methyl sites for hydroxylation is 2. The zero-order chi connectivity index (χ0) is 14.0. The lowest BCUT2D eigenvalue weighted by Gasteiger charge is -2.25. The van der Waals surface area contributed by atoms with Crippen LogP contribution in [-0.4, -0.2) is 18.1 Å². The second-order valence-electron chi connectivity index (χ2n) is 5.88. The highest BCUT2D eigenvalue weighted by atomic mass is 16.5. The van der Waals surface area contributed by atoms with Gasteiger partial charge < -0.3 is 10.1 Å². The predicted molar refractivity (Wildman–Crippen MR) is 75.9 cm³/mol. The number of rotatable bonds is 3. The van der Waals surface area contributed by atoms with Crippen LogP contribution in [0.2, 0.25) is 0 Å². The first-order valence-electron chi connectivity index (χ1n) is 6.88. The van der Waals surface area contributed by atoms with Crippen LogP contribution in [0.1, 0.15) is 37.0 Å². The Morgan fingerprint density at radius 2 is 2.00 bits per heavy atom. The maximum absolute atomic E-state index is 12.3. The van der Waals surface area contributed by atoms with Crippen LogP contribution < -0.4 is 5.32 Å². The Bertz CT molecular complexity index is 459. The van der Waals surface area contributed by atoms with E-state index in [0.29, 0.717) is 13.2 Å². The summed E-state index contributed by atoms with van der Waals surface area (Å²) in [5, 5.41) is 3.06. The SMILES string of the molecule is Cc1cccc(C)c1CNC(=O)[C@H]1CCOC1(C)C. The van der Waals surface area contributed by atoms with Gasteiger partial charge in [-0.2, -0.15) is 0 Å². The first kappa shape index (κ1) is 14.1. The van der Waals surface area contributed by atoms with Crippen molar-refractivity contribution in [3.63, 3.8) is 0 Å². The summed E-state index contributed by atoms with van der Waals surface area (Å²) < 4.78 is 5.61. The molecule has 0 aliphatic carbocycles. The zero-order valence-electron chi connectivity index (χ0n) is 12.2. The van der Waals surface area contributed by atoms with E-state index in [1.54, 1.807) is 0 Å². The molecule has 1 aromatic rings. The molecule has 1 aromatic carbocycles. The third kappa shape index (κ3) is 2.98. The van der Waals surface area contributed by atoms with Crippen LogP contribution in [0, 0.1) is 19.8 Å². The molecule has 1 fully saturated rings. The second-order valence-corrected chi connectivity index (χ2v) is 5.88. The smallest absolute Gasteiger partial charge is 0.226 e. The fourth-order valence-corrected chi connectivity index (χ4v) is 2.76. The highest BCUT2D eigenvalue weighted by Gasteiger charge is 2.40. The number of nitrogens with one attached hydrogen (secondary N) is 1. The largest absolute Gasteiger partial charge is 0.375 e. The van der Waals surface area contributed by atoms with Gasteiger partial charge in [0.2, 0.25) is 5.91 Å². The first-order valence-corrected chi connectivity index (χ1v) is 6.88. The Morgan fingerprint density at radius 1 is 1.37 bits per heavy atom. The summed E-state index contributed by atoms with van der Waals surface area (Å²) in [6.07, 6.45) is 0.811. The molecule has 1 atom stereocenters. The Kier molecular flexibility index (Phi) is 3.95. The molecule has 0 unspecified atom stereocenters. The van der Waals surface area contributed by atoms with Crippen LogP contribution in [0.25, 0.3) is 0 Å². The molecular weight excluding hydrogens is 238 g/mol. The normalized spacial score (nSPS) is 21.4. The van der Waals surface area contributed by atoms with Crippen LogP contribution >= 0.6 is 0 Å². The maximum Gasteiger partial charge on any atom is 0.226 e. The fourth-order valence-electron chi connectivity index (χ4n) is 2.76. The molecule has 0 spiro atoms. The minimum absolute atomic E-state index is 0.0446. The molecule has 2 rings (SSSR count). The van der Waals surface area contributed by atoms with E-state index in [1.165, 1.54) is 16.7 Å². The first-order chi connectivity index (χ1) is 8.92. The number of benzene rings is 1. The summed E-state index contributed by atoms with van der Waals surface area (Å²) in [4.78, 5) is 12.3. The molecule has 1 amide bonds. The van der Waals surface area contributed by atoms with Gasteiger partial charge in [-0.05, 0) is 50.8 Å². The third-order valence-electron chi connectivity index (χ3n) is 4.12. The lowest BCUT2D eigenvalue weighted by atomic mass is 9.90. The molecule has 0 aromatic heterocycles. The number of ether oxygens (including phenoxy) is 1. The van der Waals surface area contributed by atoms with Crippen LogP contribution in [0.3, 0.4) is 0 Å². The number of carbonyl (C=O) groups excluding carboxylic acids is 1. The van der Waals surface area contributed by atoms with E-state index in [1.807, 2.05) is 19.9 Å². The molecular formula is C16H23NO2. The molecule has 3 nitrogen and oxygen atoms in total. The Labute approximate surface area is 115 Å². The average molecular weight is 261 g/mol. The molecule has 1 aliphatic rings. The molecule has 19 heavy (non-hydrogen) atoms. The molecule has 1 saturated heterocycles. The molecule has 0 radical (unpaired) electrons. The maximum atomic E-state index is 12.3. The van der Waals surface area contributed by atoms with Crippen molar-refractivity contribution >= 4 is 5.91 Å². The number of carbonyl (C=O) groups is 1. The van der Waals surface area contributed by atoms with Crippen molar-refractivity contribution in [2.24, 2.45) is 5.92 Å². The van der Waals surface area contributed by atoms with Gasteiger partial charge in [0.15, 0.2) is 0 Å². The van der Waals surface area contributed by atoms with E-state index >= 15 is 0 Å². The monoisotopic (exact) mass is 261 g/mol. The minimum atomic E-state index is -0.342. The van der Waals surface area contributed by atoms with Gasteiger partial charge in [-0.25, -0.2) is 0 Å². The number of hydrogen-bond donors (Lipinski definition) is 1. The molecule has 1 heterocycles. The van der Waals surface area contributed by atoms with Gasteiger partial charge in [-0.1, -0.05) is 18.2 Å². The number of hydrogen-bond acceptors (Lipinski definition) is 2. The van der Waals surface area contributed by atoms with E-state index < -0.39 is 0 Å². The molecule has 0 bridgehead atoms. The van der Waals surface area contributed by atoms with E-state index in [2.05, 4.69) is 31.3 Å². The van der Waals surface area contributed by atoms with E-state index in [-0.39, 0.29) is 17.4 Å². The standard InChI is InChI=1S/C16H23NO2/c1-11-6-5-7-12(2)13(11)10-17-15(18)14-8-9-19-16(14,3)4/h5-7,14H,8-10H2,1-4H3,(H,17,18)/t14-/m1/s1. The Balaban J connectivity index is 2.01. The second kappa shape index (κ2) is 5.33. The lowest BCUT2D eigenvalue weighted by molar-refractivity contribution is -0.129. The summed E-state index contributed by atoms with van der Waals surface area (Å²) >= 11 is 0. The van der Waals surface area contributed by atoms with Gasteiger partial charge in [0.05, 0.1) is 11.5 Å². The van der Waals surface area contributed by atoms with Gasteiger partial charge in [-0.3, -0.25) is 4.79 Å².